The molecule has 2 aromatic heterocycles. The van der Waals surface area contributed by atoms with Crippen LogP contribution in [0.15, 0.2) is 28.8 Å². The van der Waals surface area contributed by atoms with Gasteiger partial charge in [-0.1, -0.05) is 24.9 Å². The number of amides is 1. The quantitative estimate of drug-likeness (QED) is 0.716. The maximum atomic E-state index is 13.2. The molecular weight excluding hydrogens is 370 g/mol. The molecule has 150 valence electrons. The molecule has 7 nitrogen and oxygen atoms in total. The first kappa shape index (κ1) is 18.0. The SMILES string of the molecule is Cc1noc2nc(-c3ccc4c(c3)OCO4)cc(C(=O)NC3CCCCC3C)c12. The summed E-state index contributed by atoms with van der Waals surface area (Å²) in [5.41, 5.74) is 3.02. The highest BCUT2D eigenvalue weighted by atomic mass is 16.7. The van der Waals surface area contributed by atoms with Gasteiger partial charge in [-0.05, 0) is 49.9 Å². The van der Waals surface area contributed by atoms with E-state index >= 15 is 0 Å². The lowest BCUT2D eigenvalue weighted by molar-refractivity contribution is 0.0912. The van der Waals surface area contributed by atoms with Gasteiger partial charge in [-0.3, -0.25) is 4.79 Å². The van der Waals surface area contributed by atoms with Crippen molar-refractivity contribution < 1.29 is 18.8 Å². The van der Waals surface area contributed by atoms with E-state index in [9.17, 15) is 4.79 Å². The van der Waals surface area contributed by atoms with Gasteiger partial charge in [0.2, 0.25) is 6.79 Å². The van der Waals surface area contributed by atoms with Gasteiger partial charge in [0.15, 0.2) is 11.5 Å². The van der Waals surface area contributed by atoms with Gasteiger partial charge in [0, 0.05) is 11.6 Å². The molecule has 2 atom stereocenters. The molecule has 3 heterocycles. The number of aryl methyl sites for hydroxylation is 1. The summed E-state index contributed by atoms with van der Waals surface area (Å²) in [6, 6.07) is 7.61. The Kier molecular flexibility index (Phi) is 4.38. The summed E-state index contributed by atoms with van der Waals surface area (Å²) in [7, 11) is 0. The Balaban J connectivity index is 1.55. The third kappa shape index (κ3) is 3.20. The lowest BCUT2D eigenvalue weighted by Gasteiger charge is -2.29. The van der Waals surface area contributed by atoms with Crippen molar-refractivity contribution in [3.8, 4) is 22.8 Å². The molecule has 1 amide bonds. The van der Waals surface area contributed by atoms with Crippen LogP contribution in [0.1, 0.15) is 48.7 Å². The molecule has 0 saturated heterocycles. The van der Waals surface area contributed by atoms with E-state index < -0.39 is 0 Å². The monoisotopic (exact) mass is 393 g/mol. The molecule has 1 aliphatic heterocycles. The number of fused-ring (bicyclic) bond motifs is 2. The van der Waals surface area contributed by atoms with E-state index in [1.807, 2.05) is 31.2 Å². The Bertz CT molecular complexity index is 1090. The molecular formula is C22H23N3O4. The van der Waals surface area contributed by atoms with E-state index in [2.05, 4.69) is 22.4 Å². The van der Waals surface area contributed by atoms with Gasteiger partial charge in [0.25, 0.3) is 11.6 Å². The first-order valence-corrected chi connectivity index (χ1v) is 10.1. The van der Waals surface area contributed by atoms with Crippen LogP contribution in [0.25, 0.3) is 22.4 Å². The number of carbonyl (C=O) groups is 1. The summed E-state index contributed by atoms with van der Waals surface area (Å²) in [5.74, 6) is 1.74. The molecule has 0 bridgehead atoms. The topological polar surface area (TPSA) is 86.5 Å². The number of nitrogens with one attached hydrogen (secondary N) is 1. The number of benzene rings is 1. The Labute approximate surface area is 168 Å². The normalized spacial score (nSPS) is 20.8. The molecule has 29 heavy (non-hydrogen) atoms. The molecule has 3 aromatic rings. The predicted octanol–water partition coefficient (Wildman–Crippen LogP) is 4.24. The largest absolute Gasteiger partial charge is 0.454 e. The summed E-state index contributed by atoms with van der Waals surface area (Å²) >= 11 is 0. The Morgan fingerprint density at radius 3 is 2.83 bits per heavy atom. The highest BCUT2D eigenvalue weighted by Gasteiger charge is 2.26. The fourth-order valence-corrected chi connectivity index (χ4v) is 4.25. The number of aromatic nitrogens is 2. The van der Waals surface area contributed by atoms with Crippen LogP contribution in [0.4, 0.5) is 0 Å². The number of pyridine rings is 1. The van der Waals surface area contributed by atoms with Crippen molar-refractivity contribution >= 4 is 17.0 Å². The van der Waals surface area contributed by atoms with Crippen LogP contribution in [0.3, 0.4) is 0 Å². The number of carbonyl (C=O) groups excluding carboxylic acids is 1. The van der Waals surface area contributed by atoms with E-state index in [-0.39, 0.29) is 18.7 Å². The van der Waals surface area contributed by atoms with Gasteiger partial charge < -0.3 is 19.3 Å². The molecule has 1 aromatic carbocycles. The summed E-state index contributed by atoms with van der Waals surface area (Å²) in [5, 5.41) is 7.93. The number of nitrogens with zero attached hydrogens (tertiary/aromatic N) is 2. The highest BCUT2D eigenvalue weighted by molar-refractivity contribution is 6.07. The first-order chi connectivity index (χ1) is 14.1. The van der Waals surface area contributed by atoms with Crippen molar-refractivity contribution in [2.24, 2.45) is 5.92 Å². The Morgan fingerprint density at radius 2 is 1.97 bits per heavy atom. The minimum absolute atomic E-state index is 0.107. The number of hydrogen-bond acceptors (Lipinski definition) is 6. The molecule has 2 aliphatic rings. The van der Waals surface area contributed by atoms with Crippen LogP contribution < -0.4 is 14.8 Å². The van der Waals surface area contributed by atoms with Crippen LogP contribution in [0, 0.1) is 12.8 Å². The van der Waals surface area contributed by atoms with Gasteiger partial charge in [-0.2, -0.15) is 0 Å². The van der Waals surface area contributed by atoms with E-state index in [0.29, 0.717) is 45.5 Å². The summed E-state index contributed by atoms with van der Waals surface area (Å²) in [6.45, 7) is 4.24. The maximum Gasteiger partial charge on any atom is 0.259 e. The van der Waals surface area contributed by atoms with Crippen molar-refractivity contribution in [2.75, 3.05) is 6.79 Å². The van der Waals surface area contributed by atoms with Crippen molar-refractivity contribution in [1.29, 1.82) is 0 Å². The van der Waals surface area contributed by atoms with E-state index in [4.69, 9.17) is 14.0 Å². The van der Waals surface area contributed by atoms with E-state index in [1.165, 1.54) is 6.42 Å². The third-order valence-electron chi connectivity index (χ3n) is 5.96. The number of hydrogen-bond donors (Lipinski definition) is 1. The molecule has 1 fully saturated rings. The lowest BCUT2D eigenvalue weighted by Crippen LogP contribution is -2.41. The van der Waals surface area contributed by atoms with Gasteiger partial charge in [-0.15, -0.1) is 0 Å². The smallest absolute Gasteiger partial charge is 0.259 e. The predicted molar refractivity (Wildman–Crippen MR) is 107 cm³/mol. The first-order valence-electron chi connectivity index (χ1n) is 10.1. The average molecular weight is 393 g/mol. The average Bonchev–Trinajstić information content (AvgIpc) is 3.35. The van der Waals surface area contributed by atoms with Gasteiger partial charge >= 0.3 is 0 Å². The lowest BCUT2D eigenvalue weighted by atomic mass is 9.86. The van der Waals surface area contributed by atoms with E-state index in [0.717, 1.165) is 24.8 Å². The highest BCUT2D eigenvalue weighted by Crippen LogP contribution is 2.36. The van der Waals surface area contributed by atoms with Crippen molar-refractivity contribution in [3.05, 3.63) is 35.5 Å². The summed E-state index contributed by atoms with van der Waals surface area (Å²) < 4.78 is 16.3. The van der Waals surface area contributed by atoms with Crippen LogP contribution in [-0.4, -0.2) is 28.9 Å². The Morgan fingerprint density at radius 1 is 1.14 bits per heavy atom. The number of ether oxygens (including phenoxy) is 2. The Hall–Kier alpha value is -3.09. The molecule has 0 spiro atoms. The maximum absolute atomic E-state index is 13.2. The summed E-state index contributed by atoms with van der Waals surface area (Å²) in [6.07, 6.45) is 4.53. The van der Waals surface area contributed by atoms with Crippen LogP contribution >= 0.6 is 0 Å². The zero-order valence-corrected chi connectivity index (χ0v) is 16.5. The molecule has 1 saturated carbocycles. The van der Waals surface area contributed by atoms with Gasteiger partial charge in [0.05, 0.1) is 22.3 Å². The van der Waals surface area contributed by atoms with E-state index in [1.54, 1.807) is 0 Å². The molecule has 1 N–H and O–H groups in total. The molecule has 2 unspecified atom stereocenters. The molecule has 1 aliphatic carbocycles. The zero-order chi connectivity index (χ0) is 20.0. The van der Waals surface area contributed by atoms with Crippen LogP contribution in [0.2, 0.25) is 0 Å². The molecule has 7 heteroatoms. The van der Waals surface area contributed by atoms with Crippen LogP contribution in [0.5, 0.6) is 11.5 Å². The van der Waals surface area contributed by atoms with Gasteiger partial charge in [0.1, 0.15) is 0 Å². The second-order valence-corrected chi connectivity index (χ2v) is 7.91. The molecule has 0 radical (unpaired) electrons. The zero-order valence-electron chi connectivity index (χ0n) is 16.5. The fraction of sp³-hybridized carbons (Fsp3) is 0.409. The second-order valence-electron chi connectivity index (χ2n) is 7.91. The fourth-order valence-electron chi connectivity index (χ4n) is 4.25. The second kappa shape index (κ2) is 7.06. The minimum Gasteiger partial charge on any atom is -0.454 e. The van der Waals surface area contributed by atoms with Crippen molar-refractivity contribution in [2.45, 2.75) is 45.6 Å². The third-order valence-corrected chi connectivity index (χ3v) is 5.96. The van der Waals surface area contributed by atoms with Crippen LogP contribution in [-0.2, 0) is 0 Å². The standard InChI is InChI=1S/C22H23N3O4/c1-12-5-3-4-6-16(12)23-21(26)15-10-17(24-22-20(15)13(2)25-29-22)14-7-8-18-19(9-14)28-11-27-18/h7-10,12,16H,3-6,11H2,1-2H3,(H,23,26). The minimum atomic E-state index is -0.107. The number of rotatable bonds is 3. The molecule has 5 rings (SSSR count). The van der Waals surface area contributed by atoms with Crippen molar-refractivity contribution in [1.82, 2.24) is 15.5 Å². The van der Waals surface area contributed by atoms with Crippen molar-refractivity contribution in [3.63, 3.8) is 0 Å². The summed E-state index contributed by atoms with van der Waals surface area (Å²) in [4.78, 5) is 17.8. The van der Waals surface area contributed by atoms with Gasteiger partial charge in [-0.25, -0.2) is 4.98 Å².